The minimum absolute atomic E-state index is 0.0599. The summed E-state index contributed by atoms with van der Waals surface area (Å²) in [7, 11) is -3.45. The van der Waals surface area contributed by atoms with Gasteiger partial charge >= 0.3 is 0 Å². The first-order valence-corrected chi connectivity index (χ1v) is 13.5. The Hall–Kier alpha value is -1.94. The minimum atomic E-state index is -3.45. The molecule has 4 rings (SSSR count). The van der Waals surface area contributed by atoms with Crippen molar-refractivity contribution in [3.63, 3.8) is 0 Å². The van der Waals surface area contributed by atoms with E-state index < -0.39 is 10.0 Å². The Balaban J connectivity index is 1.38. The van der Waals surface area contributed by atoms with Crippen LogP contribution in [0.2, 0.25) is 0 Å². The van der Waals surface area contributed by atoms with E-state index in [1.807, 2.05) is 19.2 Å². The number of piperidine rings is 1. The molecule has 3 aromatic rings. The summed E-state index contributed by atoms with van der Waals surface area (Å²) in [6.45, 7) is 5.11. The van der Waals surface area contributed by atoms with Crippen molar-refractivity contribution in [2.24, 2.45) is 0 Å². The van der Waals surface area contributed by atoms with Crippen molar-refractivity contribution >= 4 is 38.5 Å². The first-order valence-electron chi connectivity index (χ1n) is 10.3. The SMILES string of the molecule is Cc1nc(C)c(-c2csc(CC(=O)Cc3ccc(S(=O)(=O)N4CCCCC4)cc3)n2)s1. The average molecular weight is 476 g/mol. The predicted molar refractivity (Wildman–Crippen MR) is 124 cm³/mol. The summed E-state index contributed by atoms with van der Waals surface area (Å²) in [5.74, 6) is 0.0599. The lowest BCUT2D eigenvalue weighted by molar-refractivity contribution is -0.117. The molecule has 3 heterocycles. The zero-order valence-corrected chi connectivity index (χ0v) is 20.1. The number of ketones is 1. The molecule has 6 nitrogen and oxygen atoms in total. The molecule has 0 N–H and O–H groups in total. The van der Waals surface area contributed by atoms with Crippen LogP contribution in [-0.4, -0.2) is 41.6 Å². The molecule has 0 unspecified atom stereocenters. The summed E-state index contributed by atoms with van der Waals surface area (Å²) >= 11 is 3.10. The van der Waals surface area contributed by atoms with Gasteiger partial charge in [0.1, 0.15) is 10.8 Å². The van der Waals surface area contributed by atoms with Crippen molar-refractivity contribution in [2.75, 3.05) is 13.1 Å². The highest BCUT2D eigenvalue weighted by atomic mass is 32.2. The number of carbonyl (C=O) groups is 1. The van der Waals surface area contributed by atoms with Crippen LogP contribution >= 0.6 is 22.7 Å². The fourth-order valence-electron chi connectivity index (χ4n) is 3.76. The topological polar surface area (TPSA) is 80.2 Å². The summed E-state index contributed by atoms with van der Waals surface area (Å²) in [6, 6.07) is 6.71. The molecule has 164 valence electrons. The Morgan fingerprint density at radius 1 is 1.03 bits per heavy atom. The molecule has 0 radical (unpaired) electrons. The third kappa shape index (κ3) is 5.11. The maximum atomic E-state index is 12.8. The molecule has 0 amide bonds. The van der Waals surface area contributed by atoms with Crippen molar-refractivity contribution < 1.29 is 13.2 Å². The lowest BCUT2D eigenvalue weighted by Gasteiger charge is -2.25. The number of thiazole rings is 2. The third-order valence-corrected chi connectivity index (χ3v) is 9.17. The number of rotatable bonds is 7. The summed E-state index contributed by atoms with van der Waals surface area (Å²) in [6.07, 6.45) is 3.43. The number of hydrogen-bond donors (Lipinski definition) is 0. The van der Waals surface area contributed by atoms with Crippen LogP contribution in [0.3, 0.4) is 0 Å². The maximum absolute atomic E-state index is 12.8. The van der Waals surface area contributed by atoms with E-state index >= 15 is 0 Å². The quantitative estimate of drug-likeness (QED) is 0.506. The number of hydrogen-bond acceptors (Lipinski definition) is 7. The number of nitrogens with zero attached hydrogens (tertiary/aromatic N) is 3. The average Bonchev–Trinajstić information content (AvgIpc) is 3.34. The second-order valence-electron chi connectivity index (χ2n) is 7.77. The highest BCUT2D eigenvalue weighted by Gasteiger charge is 2.25. The largest absolute Gasteiger partial charge is 0.299 e. The van der Waals surface area contributed by atoms with Gasteiger partial charge in [0, 0.05) is 24.9 Å². The minimum Gasteiger partial charge on any atom is -0.299 e. The van der Waals surface area contributed by atoms with Crippen molar-refractivity contribution in [2.45, 2.75) is 50.8 Å². The van der Waals surface area contributed by atoms with E-state index in [1.54, 1.807) is 39.9 Å². The van der Waals surface area contributed by atoms with Crippen LogP contribution < -0.4 is 0 Å². The van der Waals surface area contributed by atoms with Gasteiger partial charge in [-0.05, 0) is 44.4 Å². The third-order valence-electron chi connectivity index (χ3n) is 5.31. The van der Waals surface area contributed by atoms with E-state index in [1.165, 1.54) is 11.3 Å². The molecule has 1 aliphatic heterocycles. The van der Waals surface area contributed by atoms with Gasteiger partial charge in [0.05, 0.1) is 32.6 Å². The number of sulfonamides is 1. The monoisotopic (exact) mass is 475 g/mol. The Morgan fingerprint density at radius 3 is 2.39 bits per heavy atom. The van der Waals surface area contributed by atoms with Crippen LogP contribution in [0.25, 0.3) is 10.6 Å². The molecular weight excluding hydrogens is 450 g/mol. The first-order chi connectivity index (χ1) is 14.8. The van der Waals surface area contributed by atoms with Gasteiger partial charge in [-0.15, -0.1) is 22.7 Å². The van der Waals surface area contributed by atoms with Crippen LogP contribution in [0.1, 0.15) is 40.5 Å². The lowest BCUT2D eigenvalue weighted by atomic mass is 10.1. The number of Topliss-reactive ketones (excluding diaryl/α,β-unsaturated/α-hetero) is 1. The Bertz CT molecular complexity index is 1170. The van der Waals surface area contributed by atoms with Crippen LogP contribution in [-0.2, 0) is 27.7 Å². The van der Waals surface area contributed by atoms with E-state index in [9.17, 15) is 13.2 Å². The van der Waals surface area contributed by atoms with Gasteiger partial charge in [-0.3, -0.25) is 4.79 Å². The van der Waals surface area contributed by atoms with Crippen LogP contribution in [0.15, 0.2) is 34.5 Å². The summed E-state index contributed by atoms with van der Waals surface area (Å²) < 4.78 is 27.1. The number of benzene rings is 1. The van der Waals surface area contributed by atoms with E-state index in [0.717, 1.165) is 51.1 Å². The molecule has 0 saturated carbocycles. The predicted octanol–water partition coefficient (Wildman–Crippen LogP) is 4.41. The summed E-state index contributed by atoms with van der Waals surface area (Å²) in [5.41, 5.74) is 2.65. The summed E-state index contributed by atoms with van der Waals surface area (Å²) in [4.78, 5) is 23.0. The molecule has 1 aromatic carbocycles. The Labute approximate surface area is 191 Å². The van der Waals surface area contributed by atoms with Crippen LogP contribution in [0.4, 0.5) is 0 Å². The van der Waals surface area contributed by atoms with Gasteiger partial charge in [-0.1, -0.05) is 18.6 Å². The van der Waals surface area contributed by atoms with Gasteiger partial charge in [0.2, 0.25) is 10.0 Å². The molecule has 9 heteroatoms. The standard InChI is InChI=1S/C22H25N3O3S3/c1-15-22(30-16(2)23-15)20-14-29-21(24-20)13-18(26)12-17-6-8-19(9-7-17)31(27,28)25-10-4-3-5-11-25/h6-9,14H,3-5,10-13H2,1-2H3. The second-order valence-corrected chi connectivity index (χ2v) is 11.9. The summed E-state index contributed by atoms with van der Waals surface area (Å²) in [5, 5.41) is 3.77. The zero-order valence-electron chi connectivity index (χ0n) is 17.6. The van der Waals surface area contributed by atoms with Crippen molar-refractivity contribution in [1.82, 2.24) is 14.3 Å². The second kappa shape index (κ2) is 9.28. The number of carbonyl (C=O) groups excluding carboxylic acids is 1. The number of aryl methyl sites for hydroxylation is 2. The van der Waals surface area contributed by atoms with E-state index in [0.29, 0.717) is 18.0 Å². The van der Waals surface area contributed by atoms with E-state index in [2.05, 4.69) is 9.97 Å². The molecule has 31 heavy (non-hydrogen) atoms. The lowest BCUT2D eigenvalue weighted by Crippen LogP contribution is -2.35. The van der Waals surface area contributed by atoms with E-state index in [-0.39, 0.29) is 18.6 Å². The smallest absolute Gasteiger partial charge is 0.243 e. The molecule has 0 atom stereocenters. The van der Waals surface area contributed by atoms with Gasteiger partial charge < -0.3 is 0 Å². The van der Waals surface area contributed by atoms with Crippen molar-refractivity contribution in [3.05, 3.63) is 50.9 Å². The highest BCUT2D eigenvalue weighted by molar-refractivity contribution is 7.89. The molecule has 0 spiro atoms. The Kier molecular flexibility index (Phi) is 6.66. The maximum Gasteiger partial charge on any atom is 0.243 e. The van der Waals surface area contributed by atoms with Gasteiger partial charge in [0.25, 0.3) is 0 Å². The fourth-order valence-corrected chi connectivity index (χ4v) is 7.04. The fraction of sp³-hybridized carbons (Fsp3) is 0.409. The molecule has 1 aliphatic rings. The highest BCUT2D eigenvalue weighted by Crippen LogP contribution is 2.30. The normalized spacial score (nSPS) is 15.3. The van der Waals surface area contributed by atoms with Gasteiger partial charge in [-0.2, -0.15) is 4.31 Å². The number of aromatic nitrogens is 2. The molecule has 0 aliphatic carbocycles. The molecule has 1 fully saturated rings. The molecule has 0 bridgehead atoms. The van der Waals surface area contributed by atoms with Crippen LogP contribution in [0, 0.1) is 13.8 Å². The molecular formula is C22H25N3O3S3. The van der Waals surface area contributed by atoms with Crippen molar-refractivity contribution in [1.29, 1.82) is 0 Å². The van der Waals surface area contributed by atoms with Crippen molar-refractivity contribution in [3.8, 4) is 10.6 Å². The van der Waals surface area contributed by atoms with Gasteiger partial charge in [0.15, 0.2) is 0 Å². The molecule has 2 aromatic heterocycles. The molecule has 1 saturated heterocycles. The van der Waals surface area contributed by atoms with Crippen LogP contribution in [0.5, 0.6) is 0 Å². The first kappa shape index (κ1) is 22.3. The zero-order chi connectivity index (χ0) is 22.0. The van der Waals surface area contributed by atoms with Gasteiger partial charge in [-0.25, -0.2) is 18.4 Å². The van der Waals surface area contributed by atoms with E-state index in [4.69, 9.17) is 0 Å². The Morgan fingerprint density at radius 2 is 1.74 bits per heavy atom.